The van der Waals surface area contributed by atoms with Gasteiger partial charge >= 0.3 is 0 Å². The Morgan fingerprint density at radius 2 is 1.50 bits per heavy atom. The smallest absolute Gasteiger partial charge is 0.261 e. The maximum Gasteiger partial charge on any atom is 0.261 e. The van der Waals surface area contributed by atoms with Crippen LogP contribution >= 0.6 is 0 Å². The molecule has 0 bridgehead atoms. The topological polar surface area (TPSA) is 81.1 Å². The molecule has 6 nitrogen and oxygen atoms in total. The van der Waals surface area contributed by atoms with Gasteiger partial charge in [0.15, 0.2) is 0 Å². The van der Waals surface area contributed by atoms with Crippen molar-refractivity contribution in [2.75, 3.05) is 13.6 Å². The second kappa shape index (κ2) is 4.37. The van der Waals surface area contributed by atoms with Crippen molar-refractivity contribution >= 4 is 11.8 Å². The molecule has 0 saturated carbocycles. The van der Waals surface area contributed by atoms with Crippen molar-refractivity contribution in [2.45, 2.75) is 25.8 Å². The van der Waals surface area contributed by atoms with E-state index >= 15 is 0 Å². The number of carbonyl (C=O) groups is 2. The maximum absolute atomic E-state index is 11.9. The molecule has 2 unspecified atom stereocenters. The lowest BCUT2D eigenvalue weighted by Crippen LogP contribution is -2.27. The van der Waals surface area contributed by atoms with Crippen LogP contribution in [-0.2, 0) is 0 Å². The lowest BCUT2D eigenvalue weighted by molar-refractivity contribution is -0.0839. The molecule has 2 N–H and O–H groups in total. The third kappa shape index (κ3) is 1.56. The van der Waals surface area contributed by atoms with Crippen LogP contribution in [-0.4, -0.2) is 45.4 Å². The van der Waals surface area contributed by atoms with Gasteiger partial charge in [0.1, 0.15) is 12.5 Å². The molecule has 2 aliphatic heterocycles. The Bertz CT molecular complexity index is 564. The molecule has 1 aromatic carbocycles. The van der Waals surface area contributed by atoms with E-state index in [0.717, 1.165) is 11.3 Å². The van der Waals surface area contributed by atoms with Gasteiger partial charge in [0, 0.05) is 24.7 Å². The minimum atomic E-state index is -0.945. The summed E-state index contributed by atoms with van der Waals surface area (Å²) in [6.45, 7) is 2.48. The monoisotopic (exact) mass is 276 g/mol. The molecule has 3 rings (SSSR count). The number of benzene rings is 1. The van der Waals surface area contributed by atoms with Crippen molar-refractivity contribution in [2.24, 2.45) is 0 Å². The van der Waals surface area contributed by atoms with Crippen LogP contribution in [0.2, 0.25) is 0 Å². The first-order valence-corrected chi connectivity index (χ1v) is 6.59. The Morgan fingerprint density at radius 1 is 1.05 bits per heavy atom. The summed E-state index contributed by atoms with van der Waals surface area (Å²) in [5, 5.41) is 20.5. The normalized spacial score (nSPS) is 25.3. The predicted molar refractivity (Wildman–Crippen MR) is 69.8 cm³/mol. The summed E-state index contributed by atoms with van der Waals surface area (Å²) in [4.78, 5) is 26.5. The van der Waals surface area contributed by atoms with E-state index in [2.05, 4.69) is 0 Å². The number of fused-ring (bicyclic) bond motifs is 2. The van der Waals surface area contributed by atoms with Gasteiger partial charge in [-0.05, 0) is 18.6 Å². The Morgan fingerprint density at radius 3 is 1.90 bits per heavy atom. The minimum absolute atomic E-state index is 0.292. The molecule has 106 valence electrons. The zero-order valence-corrected chi connectivity index (χ0v) is 11.3. The van der Waals surface area contributed by atoms with E-state index in [1.165, 1.54) is 19.2 Å². The van der Waals surface area contributed by atoms with Crippen LogP contribution in [0.5, 0.6) is 0 Å². The Hall–Kier alpha value is -1.76. The fourth-order valence-corrected chi connectivity index (χ4v) is 2.88. The SMILES string of the molecule is CCCN1C(O)c2cc3c(cc2C1O)C(=O)N(C)C3=O. The molecule has 0 aliphatic carbocycles. The number of hydrogen-bond acceptors (Lipinski definition) is 5. The zero-order chi connectivity index (χ0) is 14.6. The van der Waals surface area contributed by atoms with E-state index in [1.807, 2.05) is 6.92 Å². The van der Waals surface area contributed by atoms with Crippen molar-refractivity contribution < 1.29 is 19.8 Å². The van der Waals surface area contributed by atoms with Gasteiger partial charge in [0.2, 0.25) is 0 Å². The van der Waals surface area contributed by atoms with Gasteiger partial charge in [0.25, 0.3) is 11.8 Å². The number of nitrogens with zero attached hydrogens (tertiary/aromatic N) is 2. The van der Waals surface area contributed by atoms with Crippen LogP contribution in [0.25, 0.3) is 0 Å². The molecule has 1 aromatic rings. The lowest BCUT2D eigenvalue weighted by Gasteiger charge is -2.23. The summed E-state index contributed by atoms with van der Waals surface area (Å²) < 4.78 is 0. The van der Waals surface area contributed by atoms with Crippen molar-refractivity contribution in [3.63, 3.8) is 0 Å². The highest BCUT2D eigenvalue weighted by Crippen LogP contribution is 2.41. The molecule has 2 heterocycles. The number of amides is 2. The molecular formula is C14H16N2O4. The van der Waals surface area contributed by atoms with Gasteiger partial charge in [-0.15, -0.1) is 0 Å². The molecule has 0 aromatic heterocycles. The summed E-state index contributed by atoms with van der Waals surface area (Å²) in [6, 6.07) is 3.05. The second-order valence-electron chi connectivity index (χ2n) is 5.18. The number of rotatable bonds is 2. The molecular weight excluding hydrogens is 260 g/mol. The minimum Gasteiger partial charge on any atom is -0.374 e. The second-order valence-corrected chi connectivity index (χ2v) is 5.18. The molecule has 20 heavy (non-hydrogen) atoms. The molecule has 0 saturated heterocycles. The van der Waals surface area contributed by atoms with Crippen LogP contribution in [0.4, 0.5) is 0 Å². The number of hydrogen-bond donors (Lipinski definition) is 2. The number of aliphatic hydroxyl groups is 2. The van der Waals surface area contributed by atoms with E-state index in [9.17, 15) is 19.8 Å². The van der Waals surface area contributed by atoms with E-state index in [1.54, 1.807) is 4.90 Å². The van der Waals surface area contributed by atoms with Crippen LogP contribution < -0.4 is 0 Å². The molecule has 0 radical (unpaired) electrons. The quantitative estimate of drug-likeness (QED) is 0.774. The Balaban J connectivity index is 2.11. The summed E-state index contributed by atoms with van der Waals surface area (Å²) in [5.41, 5.74) is 1.59. The van der Waals surface area contributed by atoms with Crippen molar-refractivity contribution in [1.82, 2.24) is 9.80 Å². The van der Waals surface area contributed by atoms with Crippen LogP contribution in [0.15, 0.2) is 12.1 Å². The van der Waals surface area contributed by atoms with Crippen molar-refractivity contribution in [3.05, 3.63) is 34.4 Å². The summed E-state index contributed by atoms with van der Waals surface area (Å²) in [6.07, 6.45) is -1.11. The lowest BCUT2D eigenvalue weighted by atomic mass is 10.0. The van der Waals surface area contributed by atoms with Gasteiger partial charge in [-0.25, -0.2) is 4.90 Å². The summed E-state index contributed by atoms with van der Waals surface area (Å²) >= 11 is 0. The summed E-state index contributed by atoms with van der Waals surface area (Å²) in [7, 11) is 1.42. The molecule has 0 fully saturated rings. The third-order valence-electron chi connectivity index (χ3n) is 3.96. The Labute approximate surface area is 116 Å². The third-order valence-corrected chi connectivity index (χ3v) is 3.96. The molecule has 6 heteroatoms. The first-order chi connectivity index (χ1) is 9.47. The van der Waals surface area contributed by atoms with E-state index in [0.29, 0.717) is 28.8 Å². The van der Waals surface area contributed by atoms with Gasteiger partial charge in [-0.2, -0.15) is 0 Å². The van der Waals surface area contributed by atoms with Crippen LogP contribution in [0, 0.1) is 0 Å². The van der Waals surface area contributed by atoms with Crippen LogP contribution in [0.3, 0.4) is 0 Å². The van der Waals surface area contributed by atoms with Crippen molar-refractivity contribution in [1.29, 1.82) is 0 Å². The first kappa shape index (κ1) is 13.2. The highest BCUT2D eigenvalue weighted by molar-refractivity contribution is 6.21. The number of imide groups is 1. The number of aliphatic hydroxyl groups excluding tert-OH is 2. The zero-order valence-electron chi connectivity index (χ0n) is 11.3. The fraction of sp³-hybridized carbons (Fsp3) is 0.429. The summed E-state index contributed by atoms with van der Waals surface area (Å²) in [5.74, 6) is -0.744. The van der Waals surface area contributed by atoms with E-state index in [4.69, 9.17) is 0 Å². The highest BCUT2D eigenvalue weighted by Gasteiger charge is 2.41. The molecule has 2 atom stereocenters. The molecule has 0 spiro atoms. The average Bonchev–Trinajstić information content (AvgIpc) is 2.80. The highest BCUT2D eigenvalue weighted by atomic mass is 16.3. The van der Waals surface area contributed by atoms with Crippen LogP contribution in [0.1, 0.15) is 57.6 Å². The van der Waals surface area contributed by atoms with Crippen molar-refractivity contribution in [3.8, 4) is 0 Å². The van der Waals surface area contributed by atoms with Gasteiger partial charge in [-0.1, -0.05) is 6.92 Å². The fourth-order valence-electron chi connectivity index (χ4n) is 2.88. The van der Waals surface area contributed by atoms with E-state index in [-0.39, 0.29) is 11.8 Å². The maximum atomic E-state index is 11.9. The van der Waals surface area contributed by atoms with E-state index < -0.39 is 12.5 Å². The predicted octanol–water partition coefficient (Wildman–Crippen LogP) is 0.620. The molecule has 2 aliphatic rings. The van der Waals surface area contributed by atoms with Gasteiger partial charge < -0.3 is 10.2 Å². The van der Waals surface area contributed by atoms with Gasteiger partial charge in [0.05, 0.1) is 11.1 Å². The van der Waals surface area contributed by atoms with Gasteiger partial charge in [-0.3, -0.25) is 14.5 Å². The average molecular weight is 276 g/mol. The number of carbonyl (C=O) groups excluding carboxylic acids is 2. The largest absolute Gasteiger partial charge is 0.374 e. The molecule has 2 amide bonds. The first-order valence-electron chi connectivity index (χ1n) is 6.59. The standard InChI is InChI=1S/C14H16N2O4/c1-3-4-16-13(19)9-5-7-8(6-10(9)14(16)20)12(18)15(2)11(7)17/h5-6,13-14,19-20H,3-4H2,1-2H3. The Kier molecular flexibility index (Phi) is 2.89.